The third-order valence-corrected chi connectivity index (χ3v) is 4.73. The highest BCUT2D eigenvalue weighted by Gasteiger charge is 2.51. The van der Waals surface area contributed by atoms with E-state index < -0.39 is 37.2 Å². The molecule has 1 aromatic rings. The van der Waals surface area contributed by atoms with E-state index in [1.165, 1.54) is 11.3 Å². The summed E-state index contributed by atoms with van der Waals surface area (Å²) >= 11 is 1.18. The molecule has 1 N–H and O–H groups in total. The van der Waals surface area contributed by atoms with Crippen LogP contribution < -0.4 is 10.8 Å². The van der Waals surface area contributed by atoms with Gasteiger partial charge in [-0.2, -0.15) is 0 Å². The van der Waals surface area contributed by atoms with Crippen LogP contribution in [-0.4, -0.2) is 37.2 Å². The molecule has 4 nitrogen and oxygen atoms in total. The second kappa shape index (κ2) is 5.66. The second-order valence-corrected chi connectivity index (χ2v) is 6.84. The Hall–Kier alpha value is -0.985. The molecule has 0 aliphatic carbocycles. The minimum Gasteiger partial charge on any atom is -0.399 e. The molecule has 2 rings (SSSR count). The fraction of sp³-hybridized carbons (Fsp3) is 0.615. The van der Waals surface area contributed by atoms with Crippen LogP contribution in [0.1, 0.15) is 37.4 Å². The average molecular weight is 317 g/mol. The lowest BCUT2D eigenvalue weighted by molar-refractivity contribution is 0.00578. The van der Waals surface area contributed by atoms with E-state index in [1.807, 2.05) is 27.7 Å². The highest BCUT2D eigenvalue weighted by atomic mass is 32.1. The number of rotatable bonds is 4. The number of nitrogens with one attached hydrogen (secondary N) is 1. The Balaban J connectivity index is 2.06. The summed E-state index contributed by atoms with van der Waals surface area (Å²) in [7, 11) is -0.553. The van der Waals surface area contributed by atoms with Crippen LogP contribution in [-0.2, 0) is 9.31 Å². The molecule has 116 valence electrons. The third kappa shape index (κ3) is 3.44. The van der Waals surface area contributed by atoms with E-state index in [-0.39, 0.29) is 0 Å². The minimum absolute atomic E-state index is 0.361. The van der Waals surface area contributed by atoms with Crippen molar-refractivity contribution in [3.8, 4) is 0 Å². The van der Waals surface area contributed by atoms with Gasteiger partial charge < -0.3 is 14.6 Å². The zero-order valence-corrected chi connectivity index (χ0v) is 13.2. The lowest BCUT2D eigenvalue weighted by Crippen LogP contribution is -2.41. The van der Waals surface area contributed by atoms with Crippen molar-refractivity contribution in [1.29, 1.82) is 0 Å². The van der Waals surface area contributed by atoms with Gasteiger partial charge in [0.25, 0.3) is 12.3 Å². The summed E-state index contributed by atoms with van der Waals surface area (Å²) in [6.45, 7) is 7.11. The highest BCUT2D eigenvalue weighted by molar-refractivity contribution is 7.13. The van der Waals surface area contributed by atoms with Gasteiger partial charge in [-0.05, 0) is 44.6 Å². The van der Waals surface area contributed by atoms with Gasteiger partial charge in [0, 0.05) is 0 Å². The molecule has 0 bridgehead atoms. The van der Waals surface area contributed by atoms with Crippen molar-refractivity contribution in [3.63, 3.8) is 0 Å². The average Bonchev–Trinajstić information content (AvgIpc) is 2.90. The van der Waals surface area contributed by atoms with Crippen molar-refractivity contribution in [1.82, 2.24) is 5.32 Å². The zero-order chi connectivity index (χ0) is 15.8. The molecule has 0 saturated carbocycles. The SMILES string of the molecule is CC1(C)OB(c2csc(C(=O)NCC(F)F)c2)OC1(C)C. The number of carbonyl (C=O) groups excluding carboxylic acids is 1. The molecule has 2 heterocycles. The Morgan fingerprint density at radius 3 is 2.43 bits per heavy atom. The Morgan fingerprint density at radius 1 is 1.33 bits per heavy atom. The molecule has 0 radical (unpaired) electrons. The number of halogens is 2. The van der Waals surface area contributed by atoms with Gasteiger partial charge in [0.2, 0.25) is 0 Å². The fourth-order valence-electron chi connectivity index (χ4n) is 1.83. The number of carbonyl (C=O) groups is 1. The molecule has 1 aromatic heterocycles. The van der Waals surface area contributed by atoms with Crippen molar-refractivity contribution >= 4 is 29.8 Å². The van der Waals surface area contributed by atoms with Gasteiger partial charge in [-0.3, -0.25) is 4.79 Å². The van der Waals surface area contributed by atoms with Crippen LogP contribution in [0.5, 0.6) is 0 Å². The van der Waals surface area contributed by atoms with Crippen molar-refractivity contribution in [2.75, 3.05) is 6.54 Å². The van der Waals surface area contributed by atoms with E-state index in [9.17, 15) is 13.6 Å². The topological polar surface area (TPSA) is 47.6 Å². The maximum absolute atomic E-state index is 12.1. The Kier molecular flexibility index (Phi) is 4.42. The van der Waals surface area contributed by atoms with Gasteiger partial charge in [-0.15, -0.1) is 11.3 Å². The summed E-state index contributed by atoms with van der Waals surface area (Å²) in [5, 5.41) is 3.92. The van der Waals surface area contributed by atoms with Crippen molar-refractivity contribution in [2.45, 2.75) is 45.3 Å². The molecular weight excluding hydrogens is 299 g/mol. The maximum atomic E-state index is 12.1. The summed E-state index contributed by atoms with van der Waals surface area (Å²) in [4.78, 5) is 12.1. The lowest BCUT2D eigenvalue weighted by Gasteiger charge is -2.32. The van der Waals surface area contributed by atoms with Crippen molar-refractivity contribution in [3.05, 3.63) is 16.3 Å². The second-order valence-electron chi connectivity index (χ2n) is 5.93. The van der Waals surface area contributed by atoms with Crippen molar-refractivity contribution in [2.24, 2.45) is 0 Å². The number of amides is 1. The molecule has 0 unspecified atom stereocenters. The molecule has 1 aliphatic rings. The fourth-order valence-corrected chi connectivity index (χ4v) is 2.66. The lowest BCUT2D eigenvalue weighted by atomic mass is 9.81. The Labute approximate surface area is 127 Å². The molecule has 21 heavy (non-hydrogen) atoms. The predicted octanol–water partition coefficient (Wildman–Crippen LogP) is 2.04. The smallest absolute Gasteiger partial charge is 0.399 e. The van der Waals surface area contributed by atoms with E-state index in [1.54, 1.807) is 11.4 Å². The van der Waals surface area contributed by atoms with Gasteiger partial charge in [-0.1, -0.05) is 0 Å². The summed E-state index contributed by atoms with van der Waals surface area (Å²) in [5.41, 5.74) is -0.198. The van der Waals surface area contributed by atoms with Gasteiger partial charge in [0.15, 0.2) is 0 Å². The normalized spacial score (nSPS) is 20.0. The van der Waals surface area contributed by atoms with Crippen LogP contribution in [0.3, 0.4) is 0 Å². The van der Waals surface area contributed by atoms with Crippen LogP contribution in [0, 0.1) is 0 Å². The maximum Gasteiger partial charge on any atom is 0.495 e. The summed E-state index contributed by atoms with van der Waals surface area (Å²) in [5.74, 6) is -0.511. The molecule has 0 spiro atoms. The highest BCUT2D eigenvalue weighted by Crippen LogP contribution is 2.36. The first kappa shape index (κ1) is 16.4. The predicted molar refractivity (Wildman–Crippen MR) is 78.4 cm³/mol. The molecule has 0 aromatic carbocycles. The summed E-state index contributed by atoms with van der Waals surface area (Å²) in [6.07, 6.45) is -2.56. The van der Waals surface area contributed by atoms with E-state index >= 15 is 0 Å². The van der Waals surface area contributed by atoms with Gasteiger partial charge in [-0.25, -0.2) is 8.78 Å². The monoisotopic (exact) mass is 317 g/mol. The van der Waals surface area contributed by atoms with Gasteiger partial charge >= 0.3 is 7.12 Å². The van der Waals surface area contributed by atoms with Crippen LogP contribution >= 0.6 is 11.3 Å². The third-order valence-electron chi connectivity index (χ3n) is 3.79. The molecule has 1 amide bonds. The molecule has 1 fully saturated rings. The summed E-state index contributed by atoms with van der Waals surface area (Å²) < 4.78 is 35.9. The van der Waals surface area contributed by atoms with E-state index in [4.69, 9.17) is 9.31 Å². The van der Waals surface area contributed by atoms with E-state index in [2.05, 4.69) is 5.32 Å². The number of alkyl halides is 2. The van der Waals surface area contributed by atoms with E-state index in [0.29, 0.717) is 4.88 Å². The number of hydrogen-bond acceptors (Lipinski definition) is 4. The first-order chi connectivity index (χ1) is 9.62. The quantitative estimate of drug-likeness (QED) is 0.865. The number of hydrogen-bond donors (Lipinski definition) is 1. The molecule has 0 atom stereocenters. The van der Waals surface area contributed by atoms with E-state index in [0.717, 1.165) is 5.46 Å². The van der Waals surface area contributed by atoms with Crippen LogP contribution in [0.15, 0.2) is 11.4 Å². The van der Waals surface area contributed by atoms with Crippen molar-refractivity contribution < 1.29 is 22.9 Å². The minimum atomic E-state index is -2.56. The number of thiophene rings is 1. The van der Waals surface area contributed by atoms with Gasteiger partial charge in [0.05, 0.1) is 22.6 Å². The largest absolute Gasteiger partial charge is 0.495 e. The van der Waals surface area contributed by atoms with Crippen LogP contribution in [0.2, 0.25) is 0 Å². The Bertz CT molecular complexity index is 517. The Morgan fingerprint density at radius 2 is 1.90 bits per heavy atom. The molecule has 1 saturated heterocycles. The van der Waals surface area contributed by atoms with Crippen LogP contribution in [0.25, 0.3) is 0 Å². The molecule has 1 aliphatic heterocycles. The van der Waals surface area contributed by atoms with Crippen LogP contribution in [0.4, 0.5) is 8.78 Å². The summed E-state index contributed by atoms with van der Waals surface area (Å²) in [6, 6.07) is 1.62. The molecular formula is C13H18BF2NO3S. The zero-order valence-electron chi connectivity index (χ0n) is 12.4. The first-order valence-electron chi connectivity index (χ1n) is 6.63. The van der Waals surface area contributed by atoms with Gasteiger partial charge in [0.1, 0.15) is 0 Å². The standard InChI is InChI=1S/C13H18BF2NO3S/c1-12(2)13(3,4)20-14(19-12)8-5-9(21-7-8)11(18)17-6-10(15)16/h5,7,10H,6H2,1-4H3,(H,17,18). The first-order valence-corrected chi connectivity index (χ1v) is 7.51. The molecule has 8 heteroatoms.